The predicted octanol–water partition coefficient (Wildman–Crippen LogP) is 7.82. The minimum Gasteiger partial charge on any atom is -0.494 e. The quantitative estimate of drug-likeness (QED) is 0.196. The zero-order chi connectivity index (χ0) is 30.5. The van der Waals surface area contributed by atoms with Crippen molar-refractivity contribution in [3.8, 4) is 17.1 Å². The van der Waals surface area contributed by atoms with Crippen LogP contribution in [0.2, 0.25) is 0 Å². The first-order chi connectivity index (χ1) is 19.8. The number of hydrogen-bond donors (Lipinski definition) is 0. The van der Waals surface area contributed by atoms with Crippen molar-refractivity contribution in [3.05, 3.63) is 65.0 Å². The number of halogens is 3. The standard InChI is InChI=1S/C31H37F3N4O4/c1-6-18-40-24-15-10-21(11-16-24)9-12-22-13-14-23(19-25(22)31(32,33)34)27-36-28(42-37-27)26-8-7-17-38(26)20(2)35-29(39)41-30(3,4)5/h10-11,13-16,19,26H,6-9,12,17-18H2,1-5H3/b35-20-/t26-/m0/s1. The van der Waals surface area contributed by atoms with Gasteiger partial charge < -0.3 is 18.9 Å². The Hall–Kier alpha value is -3.89. The van der Waals surface area contributed by atoms with Gasteiger partial charge in [0.2, 0.25) is 11.7 Å². The highest BCUT2D eigenvalue weighted by molar-refractivity contribution is 5.90. The lowest BCUT2D eigenvalue weighted by Crippen LogP contribution is -2.30. The second-order valence-electron chi connectivity index (χ2n) is 11.3. The molecule has 1 aliphatic heterocycles. The van der Waals surface area contributed by atoms with Crippen LogP contribution in [0.25, 0.3) is 11.4 Å². The first kappa shape index (κ1) is 31.1. The topological polar surface area (TPSA) is 90.1 Å². The van der Waals surface area contributed by atoms with E-state index in [1.165, 1.54) is 6.07 Å². The molecule has 1 fully saturated rings. The lowest BCUT2D eigenvalue weighted by Gasteiger charge is -2.24. The lowest BCUT2D eigenvalue weighted by atomic mass is 9.97. The van der Waals surface area contributed by atoms with E-state index in [0.29, 0.717) is 31.8 Å². The molecule has 1 amide bonds. The molecule has 0 spiro atoms. The van der Waals surface area contributed by atoms with Crippen LogP contribution in [0.1, 0.15) is 82.5 Å². The number of amides is 1. The van der Waals surface area contributed by atoms with Crippen molar-refractivity contribution in [1.29, 1.82) is 0 Å². The SMILES string of the molecule is CCCOc1ccc(CCc2ccc(-c3noc([C@@H]4CCCN4/C(C)=N\C(=O)OC(C)(C)C)n3)cc2C(F)(F)F)cc1. The third-order valence-corrected chi connectivity index (χ3v) is 6.79. The van der Waals surface area contributed by atoms with Crippen LogP contribution < -0.4 is 4.74 Å². The van der Waals surface area contributed by atoms with Crippen LogP contribution >= 0.6 is 0 Å². The Morgan fingerprint density at radius 3 is 2.52 bits per heavy atom. The number of carbonyl (C=O) groups excluding carboxylic acids is 1. The first-order valence-corrected chi connectivity index (χ1v) is 14.1. The molecule has 0 radical (unpaired) electrons. The molecule has 8 nitrogen and oxygen atoms in total. The summed E-state index contributed by atoms with van der Waals surface area (Å²) in [6.07, 6.45) is -2.22. The molecule has 1 saturated heterocycles. The Bertz CT molecular complexity index is 1390. The van der Waals surface area contributed by atoms with Crippen molar-refractivity contribution in [2.45, 2.75) is 84.5 Å². The summed E-state index contributed by atoms with van der Waals surface area (Å²) >= 11 is 0. The molecule has 0 bridgehead atoms. The molecule has 42 heavy (non-hydrogen) atoms. The van der Waals surface area contributed by atoms with E-state index in [0.717, 1.165) is 30.2 Å². The number of aromatic nitrogens is 2. The van der Waals surface area contributed by atoms with Crippen molar-refractivity contribution in [2.75, 3.05) is 13.2 Å². The monoisotopic (exact) mass is 586 g/mol. The lowest BCUT2D eigenvalue weighted by molar-refractivity contribution is -0.138. The molecule has 0 unspecified atom stereocenters. The van der Waals surface area contributed by atoms with E-state index in [1.807, 2.05) is 36.1 Å². The molecule has 2 heterocycles. The fraction of sp³-hybridized carbons (Fsp3) is 0.484. The number of nitrogens with zero attached hydrogens (tertiary/aromatic N) is 4. The molecule has 0 aliphatic carbocycles. The molecule has 1 atom stereocenters. The highest BCUT2D eigenvalue weighted by Gasteiger charge is 2.35. The van der Waals surface area contributed by atoms with Gasteiger partial charge in [-0.2, -0.15) is 23.1 Å². The number of alkyl halides is 3. The summed E-state index contributed by atoms with van der Waals surface area (Å²) in [5.74, 6) is 1.51. The van der Waals surface area contributed by atoms with Crippen LogP contribution in [-0.4, -0.2) is 45.7 Å². The zero-order valence-electron chi connectivity index (χ0n) is 24.6. The highest BCUT2D eigenvalue weighted by Crippen LogP contribution is 2.36. The average Bonchev–Trinajstić information content (AvgIpc) is 3.60. The molecular weight excluding hydrogens is 549 g/mol. The van der Waals surface area contributed by atoms with Crippen molar-refractivity contribution in [2.24, 2.45) is 4.99 Å². The molecule has 0 N–H and O–H groups in total. The summed E-state index contributed by atoms with van der Waals surface area (Å²) in [5.41, 5.74) is -0.0751. The van der Waals surface area contributed by atoms with E-state index in [4.69, 9.17) is 14.0 Å². The van der Waals surface area contributed by atoms with Gasteiger partial charge in [0.25, 0.3) is 0 Å². The number of rotatable bonds is 8. The Morgan fingerprint density at radius 2 is 1.86 bits per heavy atom. The summed E-state index contributed by atoms with van der Waals surface area (Å²) in [6, 6.07) is 11.2. The second kappa shape index (κ2) is 13.0. The average molecular weight is 587 g/mol. The minimum absolute atomic E-state index is 0.0679. The summed E-state index contributed by atoms with van der Waals surface area (Å²) < 4.78 is 58.7. The van der Waals surface area contributed by atoms with Crippen LogP contribution in [0.5, 0.6) is 5.75 Å². The van der Waals surface area contributed by atoms with Gasteiger partial charge in [-0.05, 0) is 89.1 Å². The third-order valence-electron chi connectivity index (χ3n) is 6.79. The van der Waals surface area contributed by atoms with Crippen LogP contribution in [-0.2, 0) is 23.8 Å². The number of hydrogen-bond acceptors (Lipinski definition) is 6. The predicted molar refractivity (Wildman–Crippen MR) is 152 cm³/mol. The number of carbonyl (C=O) groups is 1. The van der Waals surface area contributed by atoms with Gasteiger partial charge in [-0.15, -0.1) is 0 Å². The van der Waals surface area contributed by atoms with Gasteiger partial charge in [0.05, 0.1) is 12.2 Å². The number of aryl methyl sites for hydroxylation is 2. The van der Waals surface area contributed by atoms with Gasteiger partial charge >= 0.3 is 12.3 Å². The van der Waals surface area contributed by atoms with Gasteiger partial charge in [-0.3, -0.25) is 0 Å². The molecule has 3 aromatic rings. The summed E-state index contributed by atoms with van der Waals surface area (Å²) in [7, 11) is 0. The number of amidine groups is 1. The maximum absolute atomic E-state index is 14.1. The molecule has 226 valence electrons. The van der Waals surface area contributed by atoms with Crippen molar-refractivity contribution in [1.82, 2.24) is 15.0 Å². The number of likely N-dealkylation sites (tertiary alicyclic amines) is 1. The second-order valence-corrected chi connectivity index (χ2v) is 11.3. The Balaban J connectivity index is 1.50. The Labute approximate surface area is 243 Å². The van der Waals surface area contributed by atoms with Crippen molar-refractivity contribution >= 4 is 11.9 Å². The largest absolute Gasteiger partial charge is 0.494 e. The third kappa shape index (κ3) is 8.10. The highest BCUT2D eigenvalue weighted by atomic mass is 19.4. The molecular formula is C31H37F3N4O4. The molecule has 2 aromatic carbocycles. The zero-order valence-corrected chi connectivity index (χ0v) is 24.6. The summed E-state index contributed by atoms with van der Waals surface area (Å²) in [6.45, 7) is 10.2. The number of ether oxygens (including phenoxy) is 2. The van der Waals surface area contributed by atoms with Crippen LogP contribution in [0.15, 0.2) is 52.0 Å². The van der Waals surface area contributed by atoms with E-state index in [9.17, 15) is 18.0 Å². The Kier molecular flexibility index (Phi) is 9.58. The van der Waals surface area contributed by atoms with Crippen molar-refractivity contribution in [3.63, 3.8) is 0 Å². The van der Waals surface area contributed by atoms with E-state index in [1.54, 1.807) is 33.8 Å². The van der Waals surface area contributed by atoms with E-state index < -0.39 is 23.4 Å². The Morgan fingerprint density at radius 1 is 1.12 bits per heavy atom. The van der Waals surface area contributed by atoms with Gasteiger partial charge in [0.1, 0.15) is 23.2 Å². The molecule has 11 heteroatoms. The van der Waals surface area contributed by atoms with Crippen LogP contribution in [0.3, 0.4) is 0 Å². The number of aliphatic imine (C=N–C) groups is 1. The van der Waals surface area contributed by atoms with Crippen LogP contribution in [0, 0.1) is 0 Å². The number of benzene rings is 2. The summed E-state index contributed by atoms with van der Waals surface area (Å²) in [5, 5.41) is 3.99. The van der Waals surface area contributed by atoms with Gasteiger partial charge in [0, 0.05) is 12.1 Å². The maximum atomic E-state index is 14.1. The molecule has 1 aliphatic rings. The molecule has 4 rings (SSSR count). The fourth-order valence-electron chi connectivity index (χ4n) is 4.83. The van der Waals surface area contributed by atoms with E-state index in [2.05, 4.69) is 15.1 Å². The van der Waals surface area contributed by atoms with E-state index >= 15 is 0 Å². The van der Waals surface area contributed by atoms with Gasteiger partial charge in [0.15, 0.2) is 0 Å². The normalized spacial score (nSPS) is 16.1. The van der Waals surface area contributed by atoms with Gasteiger partial charge in [-0.25, -0.2) is 4.79 Å². The minimum atomic E-state index is -4.55. The van der Waals surface area contributed by atoms with Gasteiger partial charge in [-0.1, -0.05) is 36.3 Å². The van der Waals surface area contributed by atoms with E-state index in [-0.39, 0.29) is 35.3 Å². The summed E-state index contributed by atoms with van der Waals surface area (Å²) in [4.78, 5) is 22.5. The molecule has 0 saturated carbocycles. The maximum Gasteiger partial charge on any atom is 0.435 e. The van der Waals surface area contributed by atoms with Crippen LogP contribution in [0.4, 0.5) is 18.0 Å². The first-order valence-electron chi connectivity index (χ1n) is 14.1. The fourth-order valence-corrected chi connectivity index (χ4v) is 4.83. The van der Waals surface area contributed by atoms with Crippen molar-refractivity contribution < 1.29 is 32.0 Å². The molecule has 1 aromatic heterocycles. The smallest absolute Gasteiger partial charge is 0.435 e.